The van der Waals surface area contributed by atoms with Crippen molar-refractivity contribution in [1.82, 2.24) is 24.8 Å². The lowest BCUT2D eigenvalue weighted by atomic mass is 9.89. The van der Waals surface area contributed by atoms with Gasteiger partial charge in [-0.2, -0.15) is 4.98 Å². The fourth-order valence-electron chi connectivity index (χ4n) is 4.92. The van der Waals surface area contributed by atoms with Crippen LogP contribution in [0.15, 0.2) is 73.6 Å². The molecule has 2 aromatic carbocycles. The number of benzene rings is 2. The van der Waals surface area contributed by atoms with Crippen LogP contribution < -0.4 is 20.9 Å². The molecule has 0 saturated heterocycles. The van der Waals surface area contributed by atoms with Crippen molar-refractivity contribution in [2.24, 2.45) is 0 Å². The summed E-state index contributed by atoms with van der Waals surface area (Å²) < 4.78 is 11.1. The molecular weight excluding hydrogens is 494 g/mol. The molecule has 1 aliphatic heterocycles. The molecule has 4 N–H and O–H groups in total. The van der Waals surface area contributed by atoms with Crippen molar-refractivity contribution in [1.29, 1.82) is 0 Å². The number of ketones is 1. The molecule has 0 saturated carbocycles. The lowest BCUT2D eigenvalue weighted by molar-refractivity contribution is 0.104. The lowest BCUT2D eigenvalue weighted by Gasteiger charge is -2.36. The highest BCUT2D eigenvalue weighted by Crippen LogP contribution is 2.36. The minimum Gasteiger partial charge on any atom is -0.493 e. The Hall–Kier alpha value is -4.99. The molecule has 0 amide bonds. The van der Waals surface area contributed by atoms with Gasteiger partial charge in [0.2, 0.25) is 5.95 Å². The van der Waals surface area contributed by atoms with Gasteiger partial charge >= 0.3 is 0 Å². The molecule has 39 heavy (non-hydrogen) atoms. The van der Waals surface area contributed by atoms with Crippen molar-refractivity contribution < 1.29 is 14.3 Å². The zero-order valence-corrected chi connectivity index (χ0v) is 21.7. The fraction of sp³-hybridized carbons (Fsp3) is 0.207. The molecule has 5 rings (SSSR count). The molecule has 10 heteroatoms. The number of hydrogen-bond donors (Lipinski definition) is 2. The number of fused-ring (bicyclic) bond motifs is 1. The number of allylic oxidation sites excluding steroid dienone is 1. The van der Waals surface area contributed by atoms with Gasteiger partial charge in [-0.25, -0.2) is 15.0 Å². The van der Waals surface area contributed by atoms with Crippen LogP contribution in [0.4, 0.5) is 11.8 Å². The molecule has 0 radical (unpaired) electrons. The SMILES string of the molecule is COc1cc(Cc2cnc(N)nc2N)cc(C(=O)/C=C/N2CCc3ccccc3C2c2cncnc2)c1OC. The van der Waals surface area contributed by atoms with E-state index < -0.39 is 0 Å². The average molecular weight is 524 g/mol. The molecule has 1 aliphatic rings. The average Bonchev–Trinajstić information content (AvgIpc) is 2.96. The van der Waals surface area contributed by atoms with Crippen molar-refractivity contribution in [3.8, 4) is 11.5 Å². The molecule has 0 spiro atoms. The van der Waals surface area contributed by atoms with Gasteiger partial charge in [-0.15, -0.1) is 0 Å². The molecule has 198 valence electrons. The molecular formula is C29H29N7O3. The third-order valence-electron chi connectivity index (χ3n) is 6.75. The van der Waals surface area contributed by atoms with Crippen LogP contribution in [0.3, 0.4) is 0 Å². The summed E-state index contributed by atoms with van der Waals surface area (Å²) in [4.78, 5) is 32.3. The van der Waals surface area contributed by atoms with Gasteiger partial charge in [-0.05, 0) is 35.2 Å². The van der Waals surface area contributed by atoms with Gasteiger partial charge in [0, 0.05) is 55.0 Å². The number of nitrogens with zero attached hydrogens (tertiary/aromatic N) is 5. The van der Waals surface area contributed by atoms with Crippen LogP contribution in [0, 0.1) is 0 Å². The Morgan fingerprint density at radius 3 is 2.64 bits per heavy atom. The van der Waals surface area contributed by atoms with Crippen LogP contribution in [-0.2, 0) is 12.8 Å². The summed E-state index contributed by atoms with van der Waals surface area (Å²) in [6.07, 6.45) is 11.4. The van der Waals surface area contributed by atoms with Crippen LogP contribution in [0.25, 0.3) is 0 Å². The van der Waals surface area contributed by atoms with E-state index in [0.717, 1.165) is 24.1 Å². The van der Waals surface area contributed by atoms with Gasteiger partial charge in [0.05, 0.1) is 25.8 Å². The van der Waals surface area contributed by atoms with E-state index in [2.05, 4.69) is 37.0 Å². The third-order valence-corrected chi connectivity index (χ3v) is 6.75. The van der Waals surface area contributed by atoms with Crippen molar-refractivity contribution in [2.45, 2.75) is 18.9 Å². The zero-order valence-electron chi connectivity index (χ0n) is 21.7. The second-order valence-electron chi connectivity index (χ2n) is 9.14. The molecule has 0 bridgehead atoms. The van der Waals surface area contributed by atoms with Crippen LogP contribution >= 0.6 is 0 Å². The number of carbonyl (C=O) groups is 1. The first-order valence-electron chi connectivity index (χ1n) is 12.4. The predicted molar refractivity (Wildman–Crippen MR) is 147 cm³/mol. The van der Waals surface area contributed by atoms with Gasteiger partial charge in [-0.1, -0.05) is 24.3 Å². The van der Waals surface area contributed by atoms with E-state index in [1.807, 2.05) is 36.8 Å². The summed E-state index contributed by atoms with van der Waals surface area (Å²) in [6.45, 7) is 0.733. The first-order valence-corrected chi connectivity index (χ1v) is 12.4. The minimum absolute atomic E-state index is 0.102. The molecule has 0 aliphatic carbocycles. The summed E-state index contributed by atoms with van der Waals surface area (Å²) in [7, 11) is 3.04. The van der Waals surface area contributed by atoms with Gasteiger partial charge in [0.15, 0.2) is 17.3 Å². The maximum absolute atomic E-state index is 13.6. The molecule has 0 fully saturated rings. The second-order valence-corrected chi connectivity index (χ2v) is 9.14. The first kappa shape index (κ1) is 25.7. The number of rotatable bonds is 8. The number of hydrogen-bond acceptors (Lipinski definition) is 10. The Labute approximate surface area is 226 Å². The van der Waals surface area contributed by atoms with Crippen molar-refractivity contribution >= 4 is 17.5 Å². The topological polar surface area (TPSA) is 142 Å². The summed E-state index contributed by atoms with van der Waals surface area (Å²) in [5.74, 6) is 0.953. The van der Waals surface area contributed by atoms with E-state index in [-0.39, 0.29) is 23.6 Å². The standard InChI is InChI=1S/C29H29N7O3/c1-38-25-13-18(11-20-16-34-29(31)35-28(20)30)12-23(27(25)39-2)24(37)8-10-36-9-7-19-5-3-4-6-22(19)26(36)21-14-32-17-33-15-21/h3-6,8,10,12-17,26H,7,9,11H2,1-2H3,(H4,30,31,34,35)/b10-8+. The van der Waals surface area contributed by atoms with E-state index in [4.69, 9.17) is 20.9 Å². The van der Waals surface area contributed by atoms with E-state index in [1.54, 1.807) is 18.3 Å². The molecule has 10 nitrogen and oxygen atoms in total. The van der Waals surface area contributed by atoms with Crippen molar-refractivity contribution in [2.75, 3.05) is 32.2 Å². The summed E-state index contributed by atoms with van der Waals surface area (Å²) >= 11 is 0. The van der Waals surface area contributed by atoms with Crippen LogP contribution in [-0.4, -0.2) is 51.4 Å². The Morgan fingerprint density at radius 2 is 1.90 bits per heavy atom. The Kier molecular flexibility index (Phi) is 7.35. The first-order chi connectivity index (χ1) is 19.0. The van der Waals surface area contributed by atoms with Crippen molar-refractivity contribution in [3.05, 3.63) is 107 Å². The largest absolute Gasteiger partial charge is 0.493 e. The fourth-order valence-corrected chi connectivity index (χ4v) is 4.92. The van der Waals surface area contributed by atoms with Gasteiger partial charge < -0.3 is 25.8 Å². The number of anilines is 2. The second kappa shape index (κ2) is 11.2. The monoisotopic (exact) mass is 523 g/mol. The quantitative estimate of drug-likeness (QED) is 0.261. The number of aromatic nitrogens is 4. The Morgan fingerprint density at radius 1 is 1.10 bits per heavy atom. The molecule has 2 aromatic heterocycles. The molecule has 1 atom stereocenters. The number of methoxy groups -OCH3 is 2. The van der Waals surface area contributed by atoms with E-state index in [0.29, 0.717) is 29.0 Å². The highest BCUT2D eigenvalue weighted by Gasteiger charge is 2.27. The number of carbonyl (C=O) groups excluding carboxylic acids is 1. The highest BCUT2D eigenvalue weighted by atomic mass is 16.5. The smallest absolute Gasteiger partial charge is 0.221 e. The third kappa shape index (κ3) is 5.35. The Balaban J connectivity index is 1.48. The van der Waals surface area contributed by atoms with Gasteiger partial charge in [0.1, 0.15) is 12.1 Å². The normalized spacial score (nSPS) is 14.7. The lowest BCUT2D eigenvalue weighted by Crippen LogP contribution is -2.32. The van der Waals surface area contributed by atoms with Gasteiger partial charge in [-0.3, -0.25) is 4.79 Å². The van der Waals surface area contributed by atoms with Crippen LogP contribution in [0.5, 0.6) is 11.5 Å². The highest BCUT2D eigenvalue weighted by molar-refractivity contribution is 6.07. The summed E-state index contributed by atoms with van der Waals surface area (Å²) in [6, 6.07) is 11.8. The molecule has 4 aromatic rings. The Bertz CT molecular complexity index is 1530. The summed E-state index contributed by atoms with van der Waals surface area (Å²) in [5.41, 5.74) is 16.9. The summed E-state index contributed by atoms with van der Waals surface area (Å²) in [5, 5.41) is 0. The maximum Gasteiger partial charge on any atom is 0.221 e. The van der Waals surface area contributed by atoms with E-state index in [9.17, 15) is 4.79 Å². The van der Waals surface area contributed by atoms with Crippen molar-refractivity contribution in [3.63, 3.8) is 0 Å². The number of nitrogens with two attached hydrogens (primary N) is 2. The van der Waals surface area contributed by atoms with Gasteiger partial charge in [0.25, 0.3) is 0 Å². The minimum atomic E-state index is -0.226. The maximum atomic E-state index is 13.6. The van der Waals surface area contributed by atoms with Crippen LogP contribution in [0.2, 0.25) is 0 Å². The number of nitrogen functional groups attached to an aromatic ring is 2. The predicted octanol–water partition coefficient (Wildman–Crippen LogP) is 3.38. The molecule has 3 heterocycles. The molecule has 1 unspecified atom stereocenters. The van der Waals surface area contributed by atoms with Crippen LogP contribution in [0.1, 0.15) is 44.2 Å². The van der Waals surface area contributed by atoms with E-state index >= 15 is 0 Å². The number of ether oxygens (including phenoxy) is 2. The van der Waals surface area contributed by atoms with E-state index in [1.165, 1.54) is 31.7 Å². The zero-order chi connectivity index (χ0) is 27.4.